The van der Waals surface area contributed by atoms with Crippen LogP contribution in [0, 0.1) is 0 Å². The third kappa shape index (κ3) is 4.25. The van der Waals surface area contributed by atoms with Crippen LogP contribution in [0.4, 0.5) is 16.4 Å². The van der Waals surface area contributed by atoms with Crippen LogP contribution >= 0.6 is 0 Å². The van der Waals surface area contributed by atoms with Crippen molar-refractivity contribution < 1.29 is 14.6 Å². The molecule has 0 unspecified atom stereocenters. The summed E-state index contributed by atoms with van der Waals surface area (Å²) < 4.78 is 7.14. The Morgan fingerprint density at radius 1 is 1.06 bits per heavy atom. The van der Waals surface area contributed by atoms with E-state index < -0.39 is 6.09 Å². The topological polar surface area (TPSA) is 92.0 Å². The molecule has 0 radical (unpaired) electrons. The van der Waals surface area contributed by atoms with Gasteiger partial charge in [-0.1, -0.05) is 30.3 Å². The molecule has 5 rings (SSSR count). The van der Waals surface area contributed by atoms with Gasteiger partial charge in [-0.2, -0.15) is 4.98 Å². The number of methoxy groups -OCH3 is 1. The first-order valence-electron chi connectivity index (χ1n) is 10.9. The van der Waals surface area contributed by atoms with Crippen molar-refractivity contribution in [3.05, 3.63) is 77.5 Å². The van der Waals surface area contributed by atoms with E-state index in [1.165, 1.54) is 10.5 Å². The van der Waals surface area contributed by atoms with Crippen LogP contribution in [0.5, 0.6) is 0 Å². The predicted molar refractivity (Wildman–Crippen MR) is 126 cm³/mol. The second-order valence-corrected chi connectivity index (χ2v) is 8.09. The minimum atomic E-state index is -0.863. The normalized spacial score (nSPS) is 13.5. The first-order valence-corrected chi connectivity index (χ1v) is 10.9. The summed E-state index contributed by atoms with van der Waals surface area (Å²) in [6, 6.07) is 18.3. The number of aromatic nitrogens is 3. The molecular weight excluding hydrogens is 418 g/mol. The second-order valence-electron chi connectivity index (χ2n) is 8.09. The summed E-state index contributed by atoms with van der Waals surface area (Å²) in [4.78, 5) is 17.6. The van der Waals surface area contributed by atoms with Gasteiger partial charge in [0.2, 0.25) is 5.95 Å². The average Bonchev–Trinajstić information content (AvgIpc) is 3.10. The van der Waals surface area contributed by atoms with E-state index >= 15 is 0 Å². The fraction of sp³-hybridized carbons (Fsp3) is 0.240. The highest BCUT2D eigenvalue weighted by molar-refractivity contribution is 5.80. The molecule has 4 aromatic rings. The van der Waals surface area contributed by atoms with E-state index in [9.17, 15) is 9.90 Å². The molecule has 33 heavy (non-hydrogen) atoms. The number of nitrogens with zero attached hydrogens (tertiary/aromatic N) is 4. The number of nitrogens with one attached hydrogen (secondary N) is 1. The highest BCUT2D eigenvalue weighted by atomic mass is 16.5. The van der Waals surface area contributed by atoms with Crippen LogP contribution in [0.15, 0.2) is 60.8 Å². The van der Waals surface area contributed by atoms with Crippen molar-refractivity contribution in [1.29, 1.82) is 0 Å². The van der Waals surface area contributed by atoms with Gasteiger partial charge in [-0.3, -0.25) is 0 Å². The monoisotopic (exact) mass is 443 g/mol. The molecule has 8 nitrogen and oxygen atoms in total. The molecule has 0 saturated heterocycles. The van der Waals surface area contributed by atoms with Gasteiger partial charge in [-0.15, -0.1) is 5.10 Å². The Morgan fingerprint density at radius 2 is 1.85 bits per heavy atom. The van der Waals surface area contributed by atoms with Gasteiger partial charge in [0.1, 0.15) is 0 Å². The fourth-order valence-electron chi connectivity index (χ4n) is 4.36. The molecule has 2 aromatic carbocycles. The zero-order valence-electron chi connectivity index (χ0n) is 18.4. The Balaban J connectivity index is 1.44. The van der Waals surface area contributed by atoms with Gasteiger partial charge in [-0.05, 0) is 59.4 Å². The van der Waals surface area contributed by atoms with E-state index in [0.717, 1.165) is 40.0 Å². The van der Waals surface area contributed by atoms with Gasteiger partial charge >= 0.3 is 6.09 Å². The van der Waals surface area contributed by atoms with Crippen molar-refractivity contribution in [2.75, 3.05) is 25.5 Å². The number of benzene rings is 2. The number of carbonyl (C=O) groups is 1. The number of carboxylic acid groups (broad SMARTS) is 1. The summed E-state index contributed by atoms with van der Waals surface area (Å²) in [6.07, 6.45) is 2.43. The molecular formula is C25H25N5O3. The molecule has 1 amide bonds. The molecule has 0 spiro atoms. The van der Waals surface area contributed by atoms with Crippen molar-refractivity contribution in [3.8, 4) is 11.1 Å². The molecule has 3 heterocycles. The van der Waals surface area contributed by atoms with Gasteiger partial charge in [0, 0.05) is 37.6 Å². The van der Waals surface area contributed by atoms with Crippen LogP contribution in [-0.2, 0) is 24.2 Å². The summed E-state index contributed by atoms with van der Waals surface area (Å²) in [5, 5.41) is 17.2. The highest BCUT2D eigenvalue weighted by Crippen LogP contribution is 2.29. The highest BCUT2D eigenvalue weighted by Gasteiger charge is 2.18. The average molecular weight is 444 g/mol. The number of hydrogen-bond donors (Lipinski definition) is 2. The fourth-order valence-corrected chi connectivity index (χ4v) is 4.36. The maximum absolute atomic E-state index is 11.3. The molecule has 0 bridgehead atoms. The largest absolute Gasteiger partial charge is 0.465 e. The lowest BCUT2D eigenvalue weighted by atomic mass is 10.0. The molecule has 0 fully saturated rings. The molecule has 2 aromatic heterocycles. The van der Waals surface area contributed by atoms with Gasteiger partial charge in [0.05, 0.1) is 6.61 Å². The van der Waals surface area contributed by atoms with Crippen molar-refractivity contribution in [2.24, 2.45) is 0 Å². The number of pyridine rings is 1. The zero-order chi connectivity index (χ0) is 22.8. The molecule has 0 aliphatic carbocycles. The molecule has 0 atom stereocenters. The first-order chi connectivity index (χ1) is 16.1. The third-order valence-electron chi connectivity index (χ3n) is 6.00. The van der Waals surface area contributed by atoms with E-state index in [-0.39, 0.29) is 0 Å². The Bertz CT molecular complexity index is 1320. The van der Waals surface area contributed by atoms with Crippen molar-refractivity contribution in [3.63, 3.8) is 0 Å². The van der Waals surface area contributed by atoms with Crippen molar-refractivity contribution in [1.82, 2.24) is 19.5 Å². The minimum absolute atomic E-state index is 0.503. The summed E-state index contributed by atoms with van der Waals surface area (Å²) in [7, 11) is 1.69. The van der Waals surface area contributed by atoms with Gasteiger partial charge in [0.15, 0.2) is 5.65 Å². The molecule has 1 aliphatic heterocycles. The number of hydrogen-bond acceptors (Lipinski definition) is 5. The maximum Gasteiger partial charge on any atom is 0.407 e. The number of fused-ring (bicyclic) bond motifs is 2. The number of ether oxygens (including phenoxy) is 1. The lowest BCUT2D eigenvalue weighted by Crippen LogP contribution is -2.31. The van der Waals surface area contributed by atoms with Crippen LogP contribution in [0.1, 0.15) is 16.7 Å². The smallest absolute Gasteiger partial charge is 0.407 e. The zero-order valence-corrected chi connectivity index (χ0v) is 18.4. The summed E-state index contributed by atoms with van der Waals surface area (Å²) in [6.45, 7) is 1.55. The third-order valence-corrected chi connectivity index (χ3v) is 6.00. The van der Waals surface area contributed by atoms with Crippen molar-refractivity contribution >= 4 is 23.4 Å². The molecule has 2 N–H and O–H groups in total. The SMILES string of the molecule is COCc1ccccc1-c1cccn2nc(Nc3ccc4c(c3)CCN(C(=O)O)CC4)nc12. The second kappa shape index (κ2) is 8.91. The first kappa shape index (κ1) is 21.0. The van der Waals surface area contributed by atoms with E-state index in [1.807, 2.05) is 36.5 Å². The Hall–Kier alpha value is -3.91. The van der Waals surface area contributed by atoms with E-state index in [1.54, 1.807) is 11.6 Å². The number of anilines is 2. The van der Waals surface area contributed by atoms with Gasteiger partial charge in [-0.25, -0.2) is 9.31 Å². The van der Waals surface area contributed by atoms with E-state index in [2.05, 4.69) is 34.7 Å². The molecule has 1 aliphatic rings. The standard InChI is InChI=1S/C25H25N5O3/c1-33-16-19-5-2-3-6-21(19)22-7-4-12-30-23(22)27-24(28-30)26-20-9-8-17-10-13-29(25(31)32)14-11-18(17)15-20/h2-9,12,15H,10-11,13-14,16H2,1H3,(H,26,28)(H,31,32). The molecule has 0 saturated carbocycles. The van der Waals surface area contributed by atoms with Gasteiger partial charge in [0.25, 0.3) is 0 Å². The number of amides is 1. The maximum atomic E-state index is 11.3. The van der Waals surface area contributed by atoms with Crippen molar-refractivity contribution in [2.45, 2.75) is 19.4 Å². The van der Waals surface area contributed by atoms with Crippen LogP contribution in [-0.4, -0.2) is 50.9 Å². The number of rotatable bonds is 5. The summed E-state index contributed by atoms with van der Waals surface area (Å²) in [5.41, 5.74) is 7.13. The summed E-state index contributed by atoms with van der Waals surface area (Å²) >= 11 is 0. The van der Waals surface area contributed by atoms with Crippen LogP contribution in [0.3, 0.4) is 0 Å². The lowest BCUT2D eigenvalue weighted by molar-refractivity contribution is 0.147. The predicted octanol–water partition coefficient (Wildman–Crippen LogP) is 4.36. The lowest BCUT2D eigenvalue weighted by Gasteiger charge is -2.14. The Morgan fingerprint density at radius 3 is 2.67 bits per heavy atom. The quantitative estimate of drug-likeness (QED) is 0.476. The van der Waals surface area contributed by atoms with Crippen LogP contribution in [0.2, 0.25) is 0 Å². The van der Waals surface area contributed by atoms with E-state index in [4.69, 9.17) is 9.72 Å². The summed E-state index contributed by atoms with van der Waals surface area (Å²) in [5.74, 6) is 0.507. The van der Waals surface area contributed by atoms with Crippen LogP contribution < -0.4 is 5.32 Å². The van der Waals surface area contributed by atoms with E-state index in [0.29, 0.717) is 32.1 Å². The molecule has 168 valence electrons. The minimum Gasteiger partial charge on any atom is -0.465 e. The van der Waals surface area contributed by atoms with Crippen LogP contribution in [0.25, 0.3) is 16.8 Å². The Labute approximate surface area is 191 Å². The Kier molecular flexibility index (Phi) is 5.66. The van der Waals surface area contributed by atoms with Gasteiger partial charge < -0.3 is 20.1 Å². The molecule has 8 heteroatoms.